The largest absolute Gasteiger partial charge is 0.497 e. The first-order chi connectivity index (χ1) is 9.15. The van der Waals surface area contributed by atoms with Crippen molar-refractivity contribution >= 4 is 0 Å². The Labute approximate surface area is 114 Å². The Balaban J connectivity index is 2.20. The Morgan fingerprint density at radius 2 is 2.00 bits per heavy atom. The summed E-state index contributed by atoms with van der Waals surface area (Å²) in [5.41, 5.74) is 8.23. The third-order valence-corrected chi connectivity index (χ3v) is 3.57. The molecule has 2 atom stereocenters. The summed E-state index contributed by atoms with van der Waals surface area (Å²) in [6.07, 6.45) is 2.87. The number of nitrogens with zero attached hydrogens (tertiary/aromatic N) is 1. The van der Waals surface area contributed by atoms with Crippen LogP contribution in [0, 0.1) is 5.92 Å². The molecule has 1 aromatic heterocycles. The standard InChI is InChI=1S/C15H21N3O/c1-4-10(2)14(16)15-17-9-13(18-15)11-5-7-12(19-3)8-6-11/h5-10,14H,4,16H2,1-3H3,(H,17,18). The molecular weight excluding hydrogens is 238 g/mol. The molecule has 2 rings (SSSR count). The van der Waals surface area contributed by atoms with E-state index in [0.717, 1.165) is 29.3 Å². The number of benzene rings is 1. The van der Waals surface area contributed by atoms with Crippen LogP contribution in [0.25, 0.3) is 11.3 Å². The molecule has 0 fully saturated rings. The van der Waals surface area contributed by atoms with Crippen molar-refractivity contribution in [1.29, 1.82) is 0 Å². The van der Waals surface area contributed by atoms with Crippen LogP contribution in [0.1, 0.15) is 32.1 Å². The molecule has 4 nitrogen and oxygen atoms in total. The van der Waals surface area contributed by atoms with E-state index in [1.54, 1.807) is 7.11 Å². The molecule has 3 N–H and O–H groups in total. The molecule has 0 aliphatic heterocycles. The number of aromatic nitrogens is 2. The molecule has 0 aliphatic carbocycles. The topological polar surface area (TPSA) is 63.9 Å². The van der Waals surface area contributed by atoms with E-state index in [1.165, 1.54) is 0 Å². The van der Waals surface area contributed by atoms with Gasteiger partial charge in [-0.05, 0) is 35.7 Å². The normalized spacial score (nSPS) is 14.1. The predicted molar refractivity (Wildman–Crippen MR) is 77.0 cm³/mol. The molecule has 0 saturated heterocycles. The number of hydrogen-bond donors (Lipinski definition) is 2. The Bertz CT molecular complexity index is 518. The molecule has 0 saturated carbocycles. The van der Waals surface area contributed by atoms with E-state index < -0.39 is 0 Å². The maximum Gasteiger partial charge on any atom is 0.123 e. The van der Waals surface area contributed by atoms with Crippen LogP contribution in [0.15, 0.2) is 30.5 Å². The Morgan fingerprint density at radius 1 is 1.32 bits per heavy atom. The Hall–Kier alpha value is -1.81. The van der Waals surface area contributed by atoms with Gasteiger partial charge in [-0.15, -0.1) is 0 Å². The number of ether oxygens (including phenoxy) is 1. The maximum atomic E-state index is 6.17. The van der Waals surface area contributed by atoms with Crippen LogP contribution in [0.3, 0.4) is 0 Å². The van der Waals surface area contributed by atoms with Crippen LogP contribution in [0.2, 0.25) is 0 Å². The van der Waals surface area contributed by atoms with Crippen molar-refractivity contribution in [2.75, 3.05) is 7.11 Å². The van der Waals surface area contributed by atoms with Crippen molar-refractivity contribution in [1.82, 2.24) is 9.97 Å². The van der Waals surface area contributed by atoms with Gasteiger partial charge >= 0.3 is 0 Å². The Morgan fingerprint density at radius 3 is 2.58 bits per heavy atom. The molecule has 0 radical (unpaired) electrons. The lowest BCUT2D eigenvalue weighted by Crippen LogP contribution is -2.19. The summed E-state index contributed by atoms with van der Waals surface area (Å²) < 4.78 is 5.15. The zero-order valence-corrected chi connectivity index (χ0v) is 11.7. The van der Waals surface area contributed by atoms with Gasteiger partial charge in [0.1, 0.15) is 11.6 Å². The molecule has 4 heteroatoms. The zero-order chi connectivity index (χ0) is 13.8. The van der Waals surface area contributed by atoms with Gasteiger partial charge < -0.3 is 15.5 Å². The molecule has 2 unspecified atom stereocenters. The SMILES string of the molecule is CCC(C)C(N)c1ncc(-c2ccc(OC)cc2)[nH]1. The summed E-state index contributed by atoms with van der Waals surface area (Å²) in [6, 6.07) is 7.84. The second-order valence-electron chi connectivity index (χ2n) is 4.82. The van der Waals surface area contributed by atoms with Crippen LogP contribution in [0.4, 0.5) is 0 Å². The summed E-state index contributed by atoms with van der Waals surface area (Å²) in [6.45, 7) is 4.28. The van der Waals surface area contributed by atoms with Gasteiger partial charge in [-0.25, -0.2) is 4.98 Å². The first-order valence-corrected chi connectivity index (χ1v) is 6.60. The summed E-state index contributed by atoms with van der Waals surface area (Å²) >= 11 is 0. The fourth-order valence-electron chi connectivity index (χ4n) is 1.95. The quantitative estimate of drug-likeness (QED) is 0.867. The molecule has 0 aliphatic rings. The van der Waals surface area contributed by atoms with Crippen molar-refractivity contribution in [2.45, 2.75) is 26.3 Å². The highest BCUT2D eigenvalue weighted by Gasteiger charge is 2.16. The van der Waals surface area contributed by atoms with E-state index in [0.29, 0.717) is 5.92 Å². The average molecular weight is 259 g/mol. The lowest BCUT2D eigenvalue weighted by molar-refractivity contribution is 0.415. The third-order valence-electron chi connectivity index (χ3n) is 3.57. The van der Waals surface area contributed by atoms with Crippen molar-refractivity contribution in [3.63, 3.8) is 0 Å². The number of hydrogen-bond acceptors (Lipinski definition) is 3. The van der Waals surface area contributed by atoms with E-state index in [9.17, 15) is 0 Å². The van der Waals surface area contributed by atoms with E-state index in [-0.39, 0.29) is 6.04 Å². The number of H-pyrrole nitrogens is 1. The van der Waals surface area contributed by atoms with Gasteiger partial charge in [0.15, 0.2) is 0 Å². The van der Waals surface area contributed by atoms with Crippen LogP contribution >= 0.6 is 0 Å². The van der Waals surface area contributed by atoms with Gasteiger partial charge in [-0.3, -0.25) is 0 Å². The third kappa shape index (κ3) is 2.96. The molecule has 19 heavy (non-hydrogen) atoms. The molecule has 102 valence electrons. The van der Waals surface area contributed by atoms with Gasteiger partial charge in [0, 0.05) is 0 Å². The first kappa shape index (κ1) is 13.6. The minimum atomic E-state index is -0.0444. The number of aromatic amines is 1. The number of methoxy groups -OCH3 is 1. The van der Waals surface area contributed by atoms with Crippen molar-refractivity contribution < 1.29 is 4.74 Å². The van der Waals surface area contributed by atoms with E-state index in [2.05, 4.69) is 23.8 Å². The van der Waals surface area contributed by atoms with Crippen molar-refractivity contribution in [2.24, 2.45) is 11.7 Å². The number of imidazole rings is 1. The maximum absolute atomic E-state index is 6.17. The van der Waals surface area contributed by atoms with Crippen molar-refractivity contribution in [3.05, 3.63) is 36.3 Å². The zero-order valence-electron chi connectivity index (χ0n) is 11.7. The summed E-state index contributed by atoms with van der Waals surface area (Å²) in [5.74, 6) is 2.11. The fourth-order valence-corrected chi connectivity index (χ4v) is 1.95. The number of nitrogens with one attached hydrogen (secondary N) is 1. The molecular formula is C15H21N3O. The fraction of sp³-hybridized carbons (Fsp3) is 0.400. The molecule has 1 aromatic carbocycles. The van der Waals surface area contributed by atoms with Gasteiger partial charge in [0.25, 0.3) is 0 Å². The second kappa shape index (κ2) is 5.89. The van der Waals surface area contributed by atoms with E-state index in [1.807, 2.05) is 30.5 Å². The minimum absolute atomic E-state index is 0.0444. The van der Waals surface area contributed by atoms with Gasteiger partial charge in [-0.2, -0.15) is 0 Å². The highest BCUT2D eigenvalue weighted by molar-refractivity contribution is 5.59. The highest BCUT2D eigenvalue weighted by atomic mass is 16.5. The van der Waals surface area contributed by atoms with Gasteiger partial charge in [0.05, 0.1) is 25.0 Å². The van der Waals surface area contributed by atoms with Crippen LogP contribution in [-0.2, 0) is 0 Å². The van der Waals surface area contributed by atoms with E-state index >= 15 is 0 Å². The molecule has 1 heterocycles. The van der Waals surface area contributed by atoms with Crippen molar-refractivity contribution in [3.8, 4) is 17.0 Å². The smallest absolute Gasteiger partial charge is 0.123 e. The summed E-state index contributed by atoms with van der Waals surface area (Å²) in [7, 11) is 1.66. The lowest BCUT2D eigenvalue weighted by atomic mass is 10.00. The molecule has 0 amide bonds. The van der Waals surface area contributed by atoms with Crippen LogP contribution in [-0.4, -0.2) is 17.1 Å². The second-order valence-corrected chi connectivity index (χ2v) is 4.82. The average Bonchev–Trinajstić information content (AvgIpc) is 2.95. The number of nitrogens with two attached hydrogens (primary N) is 1. The molecule has 2 aromatic rings. The number of rotatable bonds is 5. The Kier molecular flexibility index (Phi) is 4.22. The van der Waals surface area contributed by atoms with Gasteiger partial charge in [0.2, 0.25) is 0 Å². The molecule has 0 bridgehead atoms. The lowest BCUT2D eigenvalue weighted by Gasteiger charge is -2.15. The van der Waals surface area contributed by atoms with Crippen LogP contribution < -0.4 is 10.5 Å². The van der Waals surface area contributed by atoms with Crippen LogP contribution in [0.5, 0.6) is 5.75 Å². The summed E-state index contributed by atoms with van der Waals surface area (Å²) in [5, 5.41) is 0. The highest BCUT2D eigenvalue weighted by Crippen LogP contribution is 2.24. The van der Waals surface area contributed by atoms with Gasteiger partial charge in [-0.1, -0.05) is 20.3 Å². The minimum Gasteiger partial charge on any atom is -0.497 e. The first-order valence-electron chi connectivity index (χ1n) is 6.60. The summed E-state index contributed by atoms with van der Waals surface area (Å²) in [4.78, 5) is 7.70. The monoisotopic (exact) mass is 259 g/mol. The van der Waals surface area contributed by atoms with E-state index in [4.69, 9.17) is 10.5 Å². The molecule has 0 spiro atoms. The predicted octanol–water partition coefficient (Wildman–Crippen LogP) is 3.13.